The Bertz CT molecular complexity index is 385. The second-order valence-corrected chi connectivity index (χ2v) is 5.14. The molecule has 1 aliphatic rings. The molecular weight excluding hydrogens is 248 g/mol. The molecule has 1 aromatic carbocycles. The largest absolute Gasteiger partial charge is 0.352 e. The summed E-state index contributed by atoms with van der Waals surface area (Å²) in [5.41, 5.74) is 1.08. The number of rotatable bonds is 5. The fraction of sp³-hybridized carbons (Fsp3) is 0.500. The van der Waals surface area contributed by atoms with Gasteiger partial charge in [-0.1, -0.05) is 23.7 Å². The van der Waals surface area contributed by atoms with Crippen LogP contribution >= 0.6 is 11.6 Å². The highest BCUT2D eigenvalue weighted by Gasteiger charge is 2.12. The monoisotopic (exact) mass is 266 g/mol. The van der Waals surface area contributed by atoms with Gasteiger partial charge in [0, 0.05) is 24.5 Å². The lowest BCUT2D eigenvalue weighted by molar-refractivity contribution is -0.121. The van der Waals surface area contributed by atoms with Gasteiger partial charge in [-0.3, -0.25) is 4.79 Å². The molecule has 1 N–H and O–H groups in total. The Hall–Kier alpha value is -1.06. The van der Waals surface area contributed by atoms with Gasteiger partial charge >= 0.3 is 0 Å². The van der Waals surface area contributed by atoms with E-state index in [0.29, 0.717) is 13.0 Å². The molecule has 2 rings (SSSR count). The molecule has 1 fully saturated rings. The minimum Gasteiger partial charge on any atom is -0.352 e. The average Bonchev–Trinajstić information content (AvgIpc) is 2.89. The van der Waals surface area contributed by atoms with Crippen LogP contribution in [0.3, 0.4) is 0 Å². The van der Waals surface area contributed by atoms with E-state index in [9.17, 15) is 4.79 Å². The molecule has 4 heteroatoms. The first-order valence-corrected chi connectivity index (χ1v) is 6.85. The van der Waals surface area contributed by atoms with Crippen molar-refractivity contribution in [3.8, 4) is 0 Å². The maximum absolute atomic E-state index is 11.7. The normalized spacial score (nSPS) is 15.8. The van der Waals surface area contributed by atoms with Crippen molar-refractivity contribution in [1.29, 1.82) is 0 Å². The Labute approximate surface area is 113 Å². The number of nitrogens with one attached hydrogen (secondary N) is 1. The van der Waals surface area contributed by atoms with Crippen molar-refractivity contribution in [1.82, 2.24) is 10.2 Å². The average molecular weight is 267 g/mol. The molecule has 3 nitrogen and oxygen atoms in total. The van der Waals surface area contributed by atoms with Crippen LogP contribution < -0.4 is 5.32 Å². The van der Waals surface area contributed by atoms with E-state index in [1.165, 1.54) is 12.8 Å². The predicted octanol–water partition coefficient (Wildman–Crippen LogP) is 2.44. The molecule has 1 heterocycles. The molecule has 0 atom stereocenters. The van der Waals surface area contributed by atoms with Gasteiger partial charge in [-0.2, -0.15) is 0 Å². The number of hydrogen-bond donors (Lipinski definition) is 1. The quantitative estimate of drug-likeness (QED) is 0.888. The van der Waals surface area contributed by atoms with Crippen molar-refractivity contribution >= 4 is 17.5 Å². The maximum Gasteiger partial charge on any atom is 0.221 e. The Morgan fingerprint density at radius 2 is 1.89 bits per heavy atom. The number of amides is 1. The van der Waals surface area contributed by atoms with E-state index in [4.69, 9.17) is 11.6 Å². The topological polar surface area (TPSA) is 32.3 Å². The highest BCUT2D eigenvalue weighted by atomic mass is 35.5. The lowest BCUT2D eigenvalue weighted by Gasteiger charge is -2.13. The van der Waals surface area contributed by atoms with Gasteiger partial charge in [0.15, 0.2) is 0 Å². The van der Waals surface area contributed by atoms with Crippen LogP contribution in [0.25, 0.3) is 0 Å². The molecule has 0 bridgehead atoms. The molecule has 0 spiro atoms. The summed E-state index contributed by atoms with van der Waals surface area (Å²) >= 11 is 5.80. The number of nitrogens with zero attached hydrogens (tertiary/aromatic N) is 1. The summed E-state index contributed by atoms with van der Waals surface area (Å²) in [5.74, 6) is 0.122. The highest BCUT2D eigenvalue weighted by Crippen LogP contribution is 2.09. The van der Waals surface area contributed by atoms with Gasteiger partial charge in [-0.25, -0.2) is 0 Å². The van der Waals surface area contributed by atoms with Crippen molar-refractivity contribution in [3.05, 3.63) is 34.9 Å². The minimum absolute atomic E-state index is 0.122. The first-order chi connectivity index (χ1) is 8.74. The van der Waals surface area contributed by atoms with Gasteiger partial charge in [0.1, 0.15) is 0 Å². The number of likely N-dealkylation sites (tertiary alicyclic amines) is 1. The smallest absolute Gasteiger partial charge is 0.221 e. The molecule has 0 unspecified atom stereocenters. The zero-order chi connectivity index (χ0) is 12.8. The molecule has 1 amide bonds. The summed E-state index contributed by atoms with van der Waals surface area (Å²) in [6.07, 6.45) is 3.13. The predicted molar refractivity (Wildman–Crippen MR) is 73.6 cm³/mol. The minimum atomic E-state index is 0.122. The molecule has 0 aromatic heterocycles. The molecule has 1 saturated heterocycles. The van der Waals surface area contributed by atoms with Crippen LogP contribution in [0.5, 0.6) is 0 Å². The summed E-state index contributed by atoms with van der Waals surface area (Å²) in [5, 5.41) is 3.66. The van der Waals surface area contributed by atoms with Gasteiger partial charge in [-0.05, 0) is 43.6 Å². The van der Waals surface area contributed by atoms with E-state index < -0.39 is 0 Å². The summed E-state index contributed by atoms with van der Waals surface area (Å²) in [6.45, 7) is 3.75. The van der Waals surface area contributed by atoms with Crippen LogP contribution in [-0.4, -0.2) is 30.4 Å². The standard InChI is InChI=1S/C14H19ClN2O/c15-13-5-3-12(4-6-13)11-16-14(18)7-10-17-8-1-2-9-17/h3-6H,1-2,7-11H2,(H,16,18). The molecule has 98 valence electrons. The number of halogens is 1. The van der Waals surface area contributed by atoms with Crippen molar-refractivity contribution in [2.24, 2.45) is 0 Å². The van der Waals surface area contributed by atoms with Crippen molar-refractivity contribution < 1.29 is 4.79 Å². The van der Waals surface area contributed by atoms with Gasteiger partial charge in [0.05, 0.1) is 0 Å². The fourth-order valence-corrected chi connectivity index (χ4v) is 2.28. The fourth-order valence-electron chi connectivity index (χ4n) is 2.16. The van der Waals surface area contributed by atoms with Gasteiger partial charge in [0.2, 0.25) is 5.91 Å². The Kier molecular flexibility index (Phi) is 5.02. The van der Waals surface area contributed by atoms with E-state index in [-0.39, 0.29) is 5.91 Å². The molecule has 0 saturated carbocycles. The van der Waals surface area contributed by atoms with Crippen molar-refractivity contribution in [3.63, 3.8) is 0 Å². The summed E-state index contributed by atoms with van der Waals surface area (Å²) in [4.78, 5) is 14.0. The summed E-state index contributed by atoms with van der Waals surface area (Å²) < 4.78 is 0. The second-order valence-electron chi connectivity index (χ2n) is 4.70. The van der Waals surface area contributed by atoms with E-state index in [1.807, 2.05) is 24.3 Å². The lowest BCUT2D eigenvalue weighted by Crippen LogP contribution is -2.29. The molecular formula is C14H19ClN2O. The Morgan fingerprint density at radius 1 is 1.22 bits per heavy atom. The Morgan fingerprint density at radius 3 is 2.56 bits per heavy atom. The molecule has 0 aliphatic carbocycles. The highest BCUT2D eigenvalue weighted by molar-refractivity contribution is 6.30. The van der Waals surface area contributed by atoms with Crippen LogP contribution in [0.15, 0.2) is 24.3 Å². The van der Waals surface area contributed by atoms with Crippen LogP contribution in [0, 0.1) is 0 Å². The first kappa shape index (κ1) is 13.4. The van der Waals surface area contributed by atoms with Crippen molar-refractivity contribution in [2.75, 3.05) is 19.6 Å². The molecule has 18 heavy (non-hydrogen) atoms. The molecule has 1 aliphatic heterocycles. The second kappa shape index (κ2) is 6.76. The number of carbonyl (C=O) groups is 1. The van der Waals surface area contributed by atoms with Crippen molar-refractivity contribution in [2.45, 2.75) is 25.8 Å². The maximum atomic E-state index is 11.7. The third-order valence-electron chi connectivity index (χ3n) is 3.26. The molecule has 1 aromatic rings. The third-order valence-corrected chi connectivity index (χ3v) is 3.51. The number of benzene rings is 1. The zero-order valence-electron chi connectivity index (χ0n) is 10.5. The lowest BCUT2D eigenvalue weighted by atomic mass is 10.2. The summed E-state index contributed by atoms with van der Waals surface area (Å²) in [6, 6.07) is 7.55. The SMILES string of the molecule is O=C(CCN1CCCC1)NCc1ccc(Cl)cc1. The van der Waals surface area contributed by atoms with E-state index >= 15 is 0 Å². The van der Waals surface area contributed by atoms with Crippen LogP contribution in [0.1, 0.15) is 24.8 Å². The van der Waals surface area contributed by atoms with E-state index in [1.54, 1.807) is 0 Å². The zero-order valence-corrected chi connectivity index (χ0v) is 11.2. The molecule has 0 radical (unpaired) electrons. The first-order valence-electron chi connectivity index (χ1n) is 6.47. The van der Waals surface area contributed by atoms with Gasteiger partial charge in [0.25, 0.3) is 0 Å². The van der Waals surface area contributed by atoms with Crippen LogP contribution in [0.4, 0.5) is 0 Å². The van der Waals surface area contributed by atoms with Crippen LogP contribution in [-0.2, 0) is 11.3 Å². The third kappa shape index (κ3) is 4.31. The summed E-state index contributed by atoms with van der Waals surface area (Å²) in [7, 11) is 0. The van der Waals surface area contributed by atoms with Crippen LogP contribution in [0.2, 0.25) is 5.02 Å². The number of hydrogen-bond acceptors (Lipinski definition) is 2. The van der Waals surface area contributed by atoms with E-state index in [2.05, 4.69) is 10.2 Å². The van der Waals surface area contributed by atoms with Gasteiger partial charge in [-0.15, -0.1) is 0 Å². The number of carbonyl (C=O) groups excluding carboxylic acids is 1. The van der Waals surface area contributed by atoms with Gasteiger partial charge < -0.3 is 10.2 Å². The Balaban J connectivity index is 1.66. The van der Waals surface area contributed by atoms with E-state index in [0.717, 1.165) is 30.2 Å².